The molecule has 0 fully saturated rings. The largest absolute Gasteiger partial charge is 0.300 e. The van der Waals surface area contributed by atoms with Crippen molar-refractivity contribution in [1.29, 1.82) is 0 Å². The van der Waals surface area contributed by atoms with Gasteiger partial charge in [-0.2, -0.15) is 0 Å². The number of hydrogen-bond donors (Lipinski definition) is 1. The number of para-hydroxylation sites is 2. The number of nitrogens with zero attached hydrogens (tertiary/aromatic N) is 3. The van der Waals surface area contributed by atoms with E-state index in [4.69, 9.17) is 4.99 Å². The summed E-state index contributed by atoms with van der Waals surface area (Å²) in [4.78, 5) is 5.27. The van der Waals surface area contributed by atoms with E-state index < -0.39 is 0 Å². The second-order valence-electron chi connectivity index (χ2n) is 11.9. The Balaban J connectivity index is 1.18. The van der Waals surface area contributed by atoms with Gasteiger partial charge in [0.15, 0.2) is 0 Å². The van der Waals surface area contributed by atoms with Crippen molar-refractivity contribution < 1.29 is 0 Å². The summed E-state index contributed by atoms with van der Waals surface area (Å²) in [6.45, 7) is 3.00. The van der Waals surface area contributed by atoms with Gasteiger partial charge in [0.25, 0.3) is 0 Å². The molecule has 6 aromatic rings. The lowest BCUT2D eigenvalue weighted by molar-refractivity contribution is 0.188. The molecule has 4 heteroatoms. The van der Waals surface area contributed by atoms with Crippen molar-refractivity contribution >= 4 is 28.1 Å². The van der Waals surface area contributed by atoms with Crippen LogP contribution in [0.5, 0.6) is 0 Å². The van der Waals surface area contributed by atoms with Gasteiger partial charge in [-0.05, 0) is 45.9 Å². The van der Waals surface area contributed by atoms with Crippen molar-refractivity contribution in [2.45, 2.75) is 25.6 Å². The van der Waals surface area contributed by atoms with Gasteiger partial charge in [0.2, 0.25) is 0 Å². The zero-order valence-corrected chi connectivity index (χ0v) is 25.8. The molecule has 1 aromatic heterocycles. The Labute approximate surface area is 265 Å². The number of aromatic nitrogens is 1. The van der Waals surface area contributed by atoms with Crippen LogP contribution in [0.1, 0.15) is 24.0 Å². The van der Waals surface area contributed by atoms with Gasteiger partial charge in [0, 0.05) is 30.3 Å². The van der Waals surface area contributed by atoms with Gasteiger partial charge < -0.3 is 4.57 Å². The van der Waals surface area contributed by atoms with Crippen LogP contribution < -0.4 is 5.43 Å². The standard InChI is InChI=1S/C41H38N4/c1-30-27-35(25-26-36(30)34-15-7-4-8-16-34)41(42-29-45-39-19-11-9-17-37(39)38-18-10-12-20-40(38)45)44(2)43-28-31-21-23-33(24-22-31)32-13-5-3-6-14-32/h3-27,29-30,36,41,43H,28H2,1-2H3/b42-29+. The van der Waals surface area contributed by atoms with Crippen LogP contribution >= 0.6 is 0 Å². The van der Waals surface area contributed by atoms with E-state index in [9.17, 15) is 0 Å². The highest BCUT2D eigenvalue weighted by atomic mass is 15.5. The molecule has 0 bridgehead atoms. The first-order chi connectivity index (χ1) is 22.2. The Bertz CT molecular complexity index is 1930. The fourth-order valence-electron chi connectivity index (χ4n) is 6.48. The number of rotatable bonds is 9. The van der Waals surface area contributed by atoms with Crippen molar-refractivity contribution in [3.05, 3.63) is 168 Å². The maximum atomic E-state index is 5.27. The van der Waals surface area contributed by atoms with Crippen LogP contribution in [0, 0.1) is 5.92 Å². The molecule has 0 amide bonds. The second kappa shape index (κ2) is 12.9. The van der Waals surface area contributed by atoms with Crippen molar-refractivity contribution in [1.82, 2.24) is 15.0 Å². The van der Waals surface area contributed by atoms with E-state index in [-0.39, 0.29) is 6.17 Å². The molecule has 5 aromatic carbocycles. The SMILES string of the molecule is CC1C=C(C(/N=C/n2c3ccccc3c3ccccc32)N(C)NCc2ccc(-c3ccccc3)cc2)C=CC1c1ccccc1. The van der Waals surface area contributed by atoms with Gasteiger partial charge in [0.05, 0.1) is 17.4 Å². The zero-order chi connectivity index (χ0) is 30.6. The molecule has 4 nitrogen and oxygen atoms in total. The highest BCUT2D eigenvalue weighted by Gasteiger charge is 2.24. The molecule has 1 N–H and O–H groups in total. The van der Waals surface area contributed by atoms with Gasteiger partial charge in [-0.3, -0.25) is 0 Å². The van der Waals surface area contributed by atoms with Crippen LogP contribution in [-0.4, -0.2) is 29.1 Å². The number of fused-ring (bicyclic) bond motifs is 3. The Kier molecular flexibility index (Phi) is 8.24. The van der Waals surface area contributed by atoms with Gasteiger partial charge in [-0.1, -0.05) is 146 Å². The van der Waals surface area contributed by atoms with Crippen LogP contribution in [-0.2, 0) is 6.54 Å². The summed E-state index contributed by atoms with van der Waals surface area (Å²) >= 11 is 0. The lowest BCUT2D eigenvalue weighted by Gasteiger charge is -2.31. The first-order valence-electron chi connectivity index (χ1n) is 15.7. The van der Waals surface area contributed by atoms with E-state index in [0.29, 0.717) is 18.4 Å². The van der Waals surface area contributed by atoms with Crippen LogP contribution in [0.3, 0.4) is 0 Å². The van der Waals surface area contributed by atoms with E-state index >= 15 is 0 Å². The zero-order valence-electron chi connectivity index (χ0n) is 25.8. The smallest absolute Gasteiger partial charge is 0.141 e. The molecule has 3 unspecified atom stereocenters. The number of benzene rings is 5. The summed E-state index contributed by atoms with van der Waals surface area (Å²) in [5.74, 6) is 0.690. The molecule has 0 radical (unpaired) electrons. The highest BCUT2D eigenvalue weighted by molar-refractivity contribution is 6.11. The number of likely N-dealkylation sites (N-methyl/N-ethyl adjacent to an activating group) is 1. The molecule has 1 aliphatic carbocycles. The Morgan fingerprint density at radius 3 is 1.96 bits per heavy atom. The van der Waals surface area contributed by atoms with E-state index in [1.807, 2.05) is 6.34 Å². The maximum Gasteiger partial charge on any atom is 0.141 e. The highest BCUT2D eigenvalue weighted by Crippen LogP contribution is 2.34. The number of hydrogen-bond acceptors (Lipinski definition) is 3. The summed E-state index contributed by atoms with van der Waals surface area (Å²) in [6.07, 6.45) is 8.78. The lowest BCUT2D eigenvalue weighted by atomic mass is 9.82. The van der Waals surface area contributed by atoms with Crippen molar-refractivity contribution in [2.24, 2.45) is 10.9 Å². The van der Waals surface area contributed by atoms with Gasteiger partial charge in [0.1, 0.15) is 6.17 Å². The quantitative estimate of drug-likeness (QED) is 0.104. The van der Waals surface area contributed by atoms with Crippen LogP contribution in [0.25, 0.3) is 32.9 Å². The minimum absolute atomic E-state index is 0.219. The third-order valence-corrected chi connectivity index (χ3v) is 8.90. The Morgan fingerprint density at radius 2 is 1.31 bits per heavy atom. The topological polar surface area (TPSA) is 32.6 Å². The van der Waals surface area contributed by atoms with E-state index in [0.717, 1.165) is 11.0 Å². The summed E-state index contributed by atoms with van der Waals surface area (Å²) < 4.78 is 2.22. The first kappa shape index (κ1) is 28.7. The third-order valence-electron chi connectivity index (χ3n) is 8.90. The third kappa shape index (κ3) is 6.03. The summed E-state index contributed by atoms with van der Waals surface area (Å²) in [5.41, 5.74) is 12.2. The number of allylic oxidation sites excluding steroid dienone is 2. The predicted octanol–water partition coefficient (Wildman–Crippen LogP) is 9.22. The number of nitrogens with one attached hydrogen (secondary N) is 1. The first-order valence-corrected chi connectivity index (χ1v) is 15.7. The average molecular weight is 587 g/mol. The summed E-state index contributed by atoms with van der Waals surface area (Å²) in [6, 6.07) is 47.2. The maximum absolute atomic E-state index is 5.27. The van der Waals surface area contributed by atoms with E-state index in [1.54, 1.807) is 0 Å². The molecule has 222 valence electrons. The average Bonchev–Trinajstić information content (AvgIpc) is 3.42. The molecule has 1 heterocycles. The van der Waals surface area contributed by atoms with E-state index in [2.05, 4.69) is 181 Å². The molecule has 0 spiro atoms. The Hall–Kier alpha value is -5.03. The van der Waals surface area contributed by atoms with Crippen molar-refractivity contribution in [3.8, 4) is 11.1 Å². The molecular weight excluding hydrogens is 548 g/mol. The van der Waals surface area contributed by atoms with E-state index in [1.165, 1.54) is 38.6 Å². The molecular formula is C41H38N4. The number of hydrazine groups is 1. The minimum atomic E-state index is -0.219. The van der Waals surface area contributed by atoms with Crippen molar-refractivity contribution in [3.63, 3.8) is 0 Å². The molecule has 3 atom stereocenters. The fourth-order valence-corrected chi connectivity index (χ4v) is 6.48. The fraction of sp³-hybridized carbons (Fsp3) is 0.146. The van der Waals surface area contributed by atoms with Crippen molar-refractivity contribution in [2.75, 3.05) is 7.05 Å². The number of aliphatic imine (C=N–C) groups is 1. The lowest BCUT2D eigenvalue weighted by Crippen LogP contribution is -2.42. The predicted molar refractivity (Wildman–Crippen MR) is 189 cm³/mol. The van der Waals surface area contributed by atoms with Gasteiger partial charge >= 0.3 is 0 Å². The van der Waals surface area contributed by atoms with Gasteiger partial charge in [-0.25, -0.2) is 15.4 Å². The summed E-state index contributed by atoms with van der Waals surface area (Å²) in [5, 5.41) is 4.61. The Morgan fingerprint density at radius 1 is 0.733 bits per heavy atom. The molecule has 0 aliphatic heterocycles. The molecule has 1 aliphatic rings. The monoisotopic (exact) mass is 586 g/mol. The van der Waals surface area contributed by atoms with Crippen LogP contribution in [0.2, 0.25) is 0 Å². The molecule has 0 saturated heterocycles. The molecule has 45 heavy (non-hydrogen) atoms. The molecule has 7 rings (SSSR count). The normalized spacial score (nSPS) is 17.4. The molecule has 0 saturated carbocycles. The summed E-state index contributed by atoms with van der Waals surface area (Å²) in [7, 11) is 2.09. The minimum Gasteiger partial charge on any atom is -0.300 e. The van der Waals surface area contributed by atoms with Gasteiger partial charge in [-0.15, -0.1) is 0 Å². The van der Waals surface area contributed by atoms with Crippen LogP contribution in [0.4, 0.5) is 0 Å². The second-order valence-corrected chi connectivity index (χ2v) is 11.9. The van der Waals surface area contributed by atoms with Crippen LogP contribution in [0.15, 0.2) is 162 Å².